The summed E-state index contributed by atoms with van der Waals surface area (Å²) in [5.74, 6) is 0.288. The van der Waals surface area contributed by atoms with Crippen molar-refractivity contribution in [3.8, 4) is 21.8 Å². The highest BCUT2D eigenvalue weighted by atomic mass is 32.2. The maximum atomic E-state index is 12.2. The molecule has 2 aromatic heterocycles. The number of anilines is 1. The van der Waals surface area contributed by atoms with Crippen molar-refractivity contribution in [2.45, 2.75) is 18.7 Å². The van der Waals surface area contributed by atoms with Crippen molar-refractivity contribution in [3.63, 3.8) is 0 Å². The average molecular weight is 388 g/mol. The molecule has 3 N–H and O–H groups in total. The van der Waals surface area contributed by atoms with Crippen molar-refractivity contribution in [2.75, 3.05) is 5.73 Å². The smallest absolute Gasteiger partial charge is 0.276 e. The van der Waals surface area contributed by atoms with Crippen molar-refractivity contribution in [1.29, 1.82) is 0 Å². The summed E-state index contributed by atoms with van der Waals surface area (Å²) in [6, 6.07) is 4.71. The van der Waals surface area contributed by atoms with E-state index in [1.54, 1.807) is 12.3 Å². The molecule has 8 nitrogen and oxygen atoms in total. The van der Waals surface area contributed by atoms with E-state index in [-0.39, 0.29) is 10.7 Å². The molecule has 0 aliphatic heterocycles. The number of nitrogen functional groups attached to an aromatic ring is 1. The van der Waals surface area contributed by atoms with Crippen LogP contribution < -0.4 is 10.6 Å². The van der Waals surface area contributed by atoms with Gasteiger partial charge in [0.15, 0.2) is 5.82 Å². The van der Waals surface area contributed by atoms with E-state index in [2.05, 4.69) is 26.8 Å². The fourth-order valence-corrected chi connectivity index (χ4v) is 3.93. The Bertz CT molecular complexity index is 1090. The van der Waals surface area contributed by atoms with Crippen molar-refractivity contribution in [2.24, 2.45) is 5.10 Å². The highest BCUT2D eigenvalue weighted by molar-refractivity contribution is 7.89. The quantitative estimate of drug-likeness (QED) is 0.511. The molecule has 0 radical (unpaired) electrons. The topological polar surface area (TPSA) is 123 Å². The van der Waals surface area contributed by atoms with Crippen LogP contribution in [0.1, 0.15) is 10.6 Å². The number of hydrogen-bond acceptors (Lipinski definition) is 8. The number of hydrazone groups is 1. The largest absolute Gasteiger partial charge is 0.382 e. The van der Waals surface area contributed by atoms with Crippen LogP contribution in [0.5, 0.6) is 0 Å². The fraction of sp³-hybridized carbons (Fsp3) is 0.125. The third kappa shape index (κ3) is 3.41. The molecule has 0 saturated carbocycles. The van der Waals surface area contributed by atoms with Crippen LogP contribution in [-0.4, -0.2) is 30.1 Å². The van der Waals surface area contributed by atoms with Crippen molar-refractivity contribution in [1.82, 2.24) is 19.8 Å². The molecule has 0 unspecified atom stereocenters. The zero-order chi connectivity index (χ0) is 18.9. The minimum absolute atomic E-state index is 0.0549. The molecular weight excluding hydrogens is 372 g/mol. The summed E-state index contributed by atoms with van der Waals surface area (Å²) < 4.78 is 24.3. The summed E-state index contributed by atoms with van der Waals surface area (Å²) in [5.41, 5.74) is 8.48. The van der Waals surface area contributed by atoms with Crippen LogP contribution in [0.25, 0.3) is 21.8 Å². The van der Waals surface area contributed by atoms with Crippen LogP contribution in [0.3, 0.4) is 0 Å². The second kappa shape index (κ2) is 6.81. The number of nitrogens with zero attached hydrogens (tertiary/aromatic N) is 4. The molecule has 134 valence electrons. The second-order valence-electron chi connectivity index (χ2n) is 5.46. The van der Waals surface area contributed by atoms with E-state index in [9.17, 15) is 8.42 Å². The third-order valence-corrected chi connectivity index (χ3v) is 5.80. The van der Waals surface area contributed by atoms with Gasteiger partial charge in [0.25, 0.3) is 10.0 Å². The molecular formula is C16H16N6O2S2. The fourth-order valence-electron chi connectivity index (χ4n) is 2.36. The molecule has 0 atom stereocenters. The first-order valence-electron chi connectivity index (χ1n) is 7.45. The van der Waals surface area contributed by atoms with Gasteiger partial charge in [-0.05, 0) is 31.5 Å². The predicted molar refractivity (Wildman–Crippen MR) is 102 cm³/mol. The van der Waals surface area contributed by atoms with Gasteiger partial charge in [-0.2, -0.15) is 13.5 Å². The molecule has 0 spiro atoms. The first-order valence-corrected chi connectivity index (χ1v) is 9.75. The zero-order valence-corrected chi connectivity index (χ0v) is 15.7. The Kier molecular flexibility index (Phi) is 4.70. The number of sulfonamides is 1. The van der Waals surface area contributed by atoms with Crippen LogP contribution in [0.15, 0.2) is 40.6 Å². The number of thiazole rings is 1. The van der Waals surface area contributed by atoms with Crippen LogP contribution >= 0.6 is 11.3 Å². The molecule has 3 rings (SSSR count). The van der Waals surface area contributed by atoms with E-state index in [1.165, 1.54) is 29.7 Å². The molecule has 10 heteroatoms. The Balaban J connectivity index is 2.14. The van der Waals surface area contributed by atoms with Gasteiger partial charge in [-0.15, -0.1) is 11.3 Å². The van der Waals surface area contributed by atoms with Gasteiger partial charge in [0.2, 0.25) is 0 Å². The summed E-state index contributed by atoms with van der Waals surface area (Å²) in [7, 11) is -3.78. The number of rotatable bonds is 5. The van der Waals surface area contributed by atoms with E-state index in [0.717, 1.165) is 15.4 Å². The van der Waals surface area contributed by atoms with Gasteiger partial charge in [-0.25, -0.2) is 19.8 Å². The number of nitrogens with two attached hydrogens (primary N) is 1. The second-order valence-corrected chi connectivity index (χ2v) is 8.36. The number of hydrogen-bond donors (Lipinski definition) is 2. The predicted octanol–water partition coefficient (Wildman–Crippen LogP) is 2.36. The van der Waals surface area contributed by atoms with Crippen LogP contribution in [0, 0.1) is 13.8 Å². The molecule has 0 amide bonds. The molecule has 1 aromatic carbocycles. The summed E-state index contributed by atoms with van der Waals surface area (Å²) in [6.45, 7) is 6.90. The van der Waals surface area contributed by atoms with Crippen LogP contribution in [-0.2, 0) is 10.0 Å². The Morgan fingerprint density at radius 1 is 1.23 bits per heavy atom. The third-order valence-electron chi connectivity index (χ3n) is 3.64. The molecule has 2 heterocycles. The first kappa shape index (κ1) is 18.0. The van der Waals surface area contributed by atoms with E-state index < -0.39 is 10.0 Å². The van der Waals surface area contributed by atoms with E-state index in [4.69, 9.17) is 5.73 Å². The molecule has 0 bridgehead atoms. The van der Waals surface area contributed by atoms with Crippen LogP contribution in [0.2, 0.25) is 0 Å². The SMILES string of the molecule is C=NNS(=O)(=O)c1ccc(C)c(-c2cnc(N)c(-c3cnc(C)s3)n2)c1. The van der Waals surface area contributed by atoms with E-state index in [0.29, 0.717) is 17.0 Å². The molecule has 0 fully saturated rings. The lowest BCUT2D eigenvalue weighted by molar-refractivity contribution is 0.585. The molecule has 26 heavy (non-hydrogen) atoms. The van der Waals surface area contributed by atoms with Crippen molar-refractivity contribution < 1.29 is 8.42 Å². The Morgan fingerprint density at radius 2 is 2.00 bits per heavy atom. The number of benzene rings is 1. The van der Waals surface area contributed by atoms with Crippen molar-refractivity contribution >= 4 is 33.9 Å². The number of aromatic nitrogens is 3. The zero-order valence-electron chi connectivity index (χ0n) is 14.1. The van der Waals surface area contributed by atoms with Crippen LogP contribution in [0.4, 0.5) is 5.82 Å². The minimum Gasteiger partial charge on any atom is -0.382 e. The van der Waals surface area contributed by atoms with Gasteiger partial charge >= 0.3 is 0 Å². The summed E-state index contributed by atoms with van der Waals surface area (Å²) in [5, 5.41) is 4.13. The summed E-state index contributed by atoms with van der Waals surface area (Å²) >= 11 is 1.46. The monoisotopic (exact) mass is 388 g/mol. The molecule has 3 aromatic rings. The lowest BCUT2D eigenvalue weighted by Crippen LogP contribution is -2.17. The lowest BCUT2D eigenvalue weighted by atomic mass is 10.1. The standard InChI is InChI=1S/C16H16N6O2S2/c1-9-4-5-11(26(23,24)22-18-3)6-12(9)13-7-20-16(17)15(21-13)14-8-19-10(2)25-14/h4-8,22H,3H2,1-2H3,(H2,17,20). The first-order chi connectivity index (χ1) is 12.3. The average Bonchev–Trinajstić information content (AvgIpc) is 3.02. The molecule has 0 saturated heterocycles. The lowest BCUT2D eigenvalue weighted by Gasteiger charge is -2.10. The normalized spacial score (nSPS) is 11.3. The number of aryl methyl sites for hydroxylation is 2. The minimum atomic E-state index is -3.78. The van der Waals surface area contributed by atoms with E-state index >= 15 is 0 Å². The van der Waals surface area contributed by atoms with Gasteiger partial charge in [0.05, 0.1) is 26.7 Å². The Morgan fingerprint density at radius 3 is 2.65 bits per heavy atom. The van der Waals surface area contributed by atoms with Crippen molar-refractivity contribution in [3.05, 3.63) is 41.2 Å². The van der Waals surface area contributed by atoms with Gasteiger partial charge in [0.1, 0.15) is 5.69 Å². The Hall–Kier alpha value is -2.85. The molecule has 0 aliphatic rings. The number of nitrogens with one attached hydrogen (secondary N) is 1. The highest BCUT2D eigenvalue weighted by Crippen LogP contribution is 2.31. The Labute approximate surface area is 154 Å². The summed E-state index contributed by atoms with van der Waals surface area (Å²) in [6.07, 6.45) is 3.21. The van der Waals surface area contributed by atoms with Gasteiger partial charge in [-0.3, -0.25) is 0 Å². The maximum absolute atomic E-state index is 12.2. The summed E-state index contributed by atoms with van der Waals surface area (Å²) in [4.78, 5) is 15.9. The van der Waals surface area contributed by atoms with Gasteiger partial charge in [0, 0.05) is 18.5 Å². The van der Waals surface area contributed by atoms with E-state index in [1.807, 2.05) is 18.7 Å². The maximum Gasteiger partial charge on any atom is 0.276 e. The molecule has 0 aliphatic carbocycles. The van der Waals surface area contributed by atoms with Gasteiger partial charge in [-0.1, -0.05) is 6.07 Å². The highest BCUT2D eigenvalue weighted by Gasteiger charge is 2.17. The van der Waals surface area contributed by atoms with Gasteiger partial charge < -0.3 is 5.73 Å².